The van der Waals surface area contributed by atoms with Crippen molar-refractivity contribution in [1.82, 2.24) is 15.1 Å². The molecule has 0 aliphatic heterocycles. The molecule has 0 aliphatic carbocycles. The molecule has 110 valence electrons. The van der Waals surface area contributed by atoms with Crippen molar-refractivity contribution in [3.8, 4) is 6.07 Å². The molecule has 0 spiro atoms. The topological polar surface area (TPSA) is 78.8 Å². The zero-order valence-electron chi connectivity index (χ0n) is 12.0. The largest absolute Gasteiger partial charge is 0.365 e. The van der Waals surface area contributed by atoms with Gasteiger partial charge in [-0.2, -0.15) is 10.2 Å². The summed E-state index contributed by atoms with van der Waals surface area (Å²) in [5, 5.41) is 14.7. The molecule has 0 unspecified atom stereocenters. The number of halogens is 1. The Morgan fingerprint density at radius 2 is 2.23 bits per heavy atom. The fourth-order valence-corrected chi connectivity index (χ4v) is 2.51. The Labute approximate surface area is 131 Å². The molecular formula is C15H12ClN5O. The SMILES string of the molecule is Cc1nc(CN(C)c2c(C#N)cnc3ccc(Cl)cc23)no1. The van der Waals surface area contributed by atoms with E-state index in [0.717, 1.165) is 16.6 Å². The minimum Gasteiger partial charge on any atom is -0.365 e. The number of nitriles is 1. The van der Waals surface area contributed by atoms with Crippen molar-refractivity contribution in [3.05, 3.63) is 46.7 Å². The molecule has 0 N–H and O–H groups in total. The maximum Gasteiger partial charge on any atom is 0.223 e. The molecule has 7 heteroatoms. The Kier molecular flexibility index (Phi) is 3.65. The lowest BCUT2D eigenvalue weighted by atomic mass is 10.1. The van der Waals surface area contributed by atoms with E-state index in [1.165, 1.54) is 0 Å². The second-order valence-corrected chi connectivity index (χ2v) is 5.32. The zero-order valence-corrected chi connectivity index (χ0v) is 12.8. The van der Waals surface area contributed by atoms with Crippen molar-refractivity contribution >= 4 is 28.2 Å². The van der Waals surface area contributed by atoms with E-state index in [9.17, 15) is 5.26 Å². The molecule has 2 heterocycles. The number of aromatic nitrogens is 3. The van der Waals surface area contributed by atoms with Crippen LogP contribution < -0.4 is 4.90 Å². The number of hydrogen-bond acceptors (Lipinski definition) is 6. The van der Waals surface area contributed by atoms with Crippen molar-refractivity contribution < 1.29 is 4.52 Å². The van der Waals surface area contributed by atoms with Crippen LogP contribution in [0.1, 0.15) is 17.3 Å². The standard InChI is InChI=1S/C15H12ClN5O/c1-9-19-14(20-22-9)8-21(2)15-10(6-17)7-18-13-4-3-11(16)5-12(13)15/h3-5,7H,8H2,1-2H3. The van der Waals surface area contributed by atoms with E-state index < -0.39 is 0 Å². The van der Waals surface area contributed by atoms with Crippen LogP contribution in [0.2, 0.25) is 5.02 Å². The zero-order chi connectivity index (χ0) is 15.7. The molecule has 0 saturated carbocycles. The highest BCUT2D eigenvalue weighted by Crippen LogP contribution is 2.31. The number of benzene rings is 1. The van der Waals surface area contributed by atoms with Gasteiger partial charge in [-0.25, -0.2) is 0 Å². The summed E-state index contributed by atoms with van der Waals surface area (Å²) in [7, 11) is 1.86. The normalized spacial score (nSPS) is 10.6. The van der Waals surface area contributed by atoms with E-state index in [4.69, 9.17) is 16.1 Å². The van der Waals surface area contributed by atoms with Crippen LogP contribution in [0.4, 0.5) is 5.69 Å². The van der Waals surface area contributed by atoms with Crippen molar-refractivity contribution in [2.75, 3.05) is 11.9 Å². The molecule has 0 amide bonds. The predicted octanol–water partition coefficient (Wildman–Crippen LogP) is 3.09. The summed E-state index contributed by atoms with van der Waals surface area (Å²) in [6.07, 6.45) is 1.56. The van der Waals surface area contributed by atoms with Crippen LogP contribution >= 0.6 is 11.6 Å². The first-order valence-electron chi connectivity index (χ1n) is 6.57. The Hall–Kier alpha value is -2.65. The molecule has 0 fully saturated rings. The fraction of sp³-hybridized carbons (Fsp3) is 0.200. The van der Waals surface area contributed by atoms with Gasteiger partial charge in [0.15, 0.2) is 5.82 Å². The van der Waals surface area contributed by atoms with Gasteiger partial charge < -0.3 is 9.42 Å². The quantitative estimate of drug-likeness (QED) is 0.739. The van der Waals surface area contributed by atoms with Crippen LogP contribution in [0.3, 0.4) is 0 Å². The van der Waals surface area contributed by atoms with Crippen LogP contribution in [0.25, 0.3) is 10.9 Å². The van der Waals surface area contributed by atoms with Crippen LogP contribution in [0.15, 0.2) is 28.9 Å². The molecule has 22 heavy (non-hydrogen) atoms. The van der Waals surface area contributed by atoms with Gasteiger partial charge in [0.1, 0.15) is 6.07 Å². The number of fused-ring (bicyclic) bond motifs is 1. The molecule has 0 atom stereocenters. The van der Waals surface area contributed by atoms with Gasteiger partial charge in [0.2, 0.25) is 5.89 Å². The lowest BCUT2D eigenvalue weighted by molar-refractivity contribution is 0.387. The Morgan fingerprint density at radius 1 is 1.41 bits per heavy atom. The van der Waals surface area contributed by atoms with Gasteiger partial charge >= 0.3 is 0 Å². The van der Waals surface area contributed by atoms with Crippen molar-refractivity contribution in [2.24, 2.45) is 0 Å². The van der Waals surface area contributed by atoms with E-state index >= 15 is 0 Å². The van der Waals surface area contributed by atoms with Gasteiger partial charge in [-0.05, 0) is 18.2 Å². The van der Waals surface area contributed by atoms with Crippen molar-refractivity contribution in [3.63, 3.8) is 0 Å². The molecule has 0 bridgehead atoms. The summed E-state index contributed by atoms with van der Waals surface area (Å²) in [5.74, 6) is 1.06. The number of aryl methyl sites for hydroxylation is 1. The van der Waals surface area contributed by atoms with E-state index in [0.29, 0.717) is 28.8 Å². The van der Waals surface area contributed by atoms with Crippen LogP contribution in [-0.4, -0.2) is 22.2 Å². The summed E-state index contributed by atoms with van der Waals surface area (Å²) in [6.45, 7) is 2.15. The molecular weight excluding hydrogens is 302 g/mol. The summed E-state index contributed by atoms with van der Waals surface area (Å²) in [5.41, 5.74) is 1.99. The minimum atomic E-state index is 0.414. The van der Waals surface area contributed by atoms with E-state index in [2.05, 4.69) is 21.2 Å². The van der Waals surface area contributed by atoms with Crippen molar-refractivity contribution in [1.29, 1.82) is 5.26 Å². The summed E-state index contributed by atoms with van der Waals surface area (Å²) in [4.78, 5) is 10.4. The Bertz CT molecular complexity index is 883. The summed E-state index contributed by atoms with van der Waals surface area (Å²) >= 11 is 6.09. The van der Waals surface area contributed by atoms with Gasteiger partial charge in [0.25, 0.3) is 0 Å². The Morgan fingerprint density at radius 3 is 2.91 bits per heavy atom. The van der Waals surface area contributed by atoms with Gasteiger partial charge in [0.05, 0.1) is 23.3 Å². The lowest BCUT2D eigenvalue weighted by Gasteiger charge is -2.20. The number of rotatable bonds is 3. The molecule has 0 radical (unpaired) electrons. The molecule has 0 saturated heterocycles. The molecule has 0 aliphatic rings. The van der Waals surface area contributed by atoms with Gasteiger partial charge in [0, 0.05) is 30.6 Å². The number of hydrogen-bond donors (Lipinski definition) is 0. The van der Waals surface area contributed by atoms with Crippen LogP contribution in [0.5, 0.6) is 0 Å². The number of nitrogens with zero attached hydrogens (tertiary/aromatic N) is 5. The third-order valence-electron chi connectivity index (χ3n) is 3.25. The first-order valence-corrected chi connectivity index (χ1v) is 6.95. The average Bonchev–Trinajstić information content (AvgIpc) is 2.90. The van der Waals surface area contributed by atoms with E-state index in [1.807, 2.05) is 18.0 Å². The third-order valence-corrected chi connectivity index (χ3v) is 3.49. The molecule has 6 nitrogen and oxygen atoms in total. The second kappa shape index (κ2) is 5.62. The molecule has 3 aromatic rings. The van der Waals surface area contributed by atoms with E-state index in [-0.39, 0.29) is 0 Å². The molecule has 1 aromatic carbocycles. The third kappa shape index (κ3) is 2.59. The van der Waals surface area contributed by atoms with Gasteiger partial charge in [-0.3, -0.25) is 4.98 Å². The minimum absolute atomic E-state index is 0.414. The van der Waals surface area contributed by atoms with Crippen LogP contribution in [0, 0.1) is 18.3 Å². The molecule has 2 aromatic heterocycles. The maximum atomic E-state index is 9.37. The second-order valence-electron chi connectivity index (χ2n) is 4.88. The maximum absolute atomic E-state index is 9.37. The van der Waals surface area contributed by atoms with E-state index in [1.54, 1.807) is 25.3 Å². The number of pyridine rings is 1. The smallest absolute Gasteiger partial charge is 0.223 e. The summed E-state index contributed by atoms with van der Waals surface area (Å²) < 4.78 is 4.98. The predicted molar refractivity (Wildman–Crippen MR) is 82.6 cm³/mol. The highest BCUT2D eigenvalue weighted by molar-refractivity contribution is 6.31. The summed E-state index contributed by atoms with van der Waals surface area (Å²) in [6, 6.07) is 7.57. The first-order chi connectivity index (χ1) is 10.6. The lowest BCUT2D eigenvalue weighted by Crippen LogP contribution is -2.19. The highest BCUT2D eigenvalue weighted by atomic mass is 35.5. The Balaban J connectivity index is 2.11. The number of anilines is 1. The molecule has 3 rings (SSSR count). The first kappa shape index (κ1) is 14.3. The van der Waals surface area contributed by atoms with Crippen molar-refractivity contribution in [2.45, 2.75) is 13.5 Å². The van der Waals surface area contributed by atoms with Gasteiger partial charge in [-0.1, -0.05) is 16.8 Å². The monoisotopic (exact) mass is 313 g/mol. The fourth-order valence-electron chi connectivity index (χ4n) is 2.34. The highest BCUT2D eigenvalue weighted by Gasteiger charge is 2.15. The average molecular weight is 314 g/mol. The van der Waals surface area contributed by atoms with Crippen LogP contribution in [-0.2, 0) is 6.54 Å². The van der Waals surface area contributed by atoms with Gasteiger partial charge in [-0.15, -0.1) is 0 Å².